The van der Waals surface area contributed by atoms with Gasteiger partial charge in [0.2, 0.25) is 10.7 Å². The van der Waals surface area contributed by atoms with Crippen LogP contribution in [-0.4, -0.2) is 61.7 Å². The van der Waals surface area contributed by atoms with Gasteiger partial charge < -0.3 is 15.3 Å². The average molecular weight is 395 g/mol. The molecule has 10 heteroatoms. The summed E-state index contributed by atoms with van der Waals surface area (Å²) in [7, 11) is 0. The van der Waals surface area contributed by atoms with E-state index in [1.807, 2.05) is 0 Å². The van der Waals surface area contributed by atoms with Gasteiger partial charge in [-0.05, 0) is 50.1 Å². The Morgan fingerprint density at radius 1 is 1.22 bits per heavy atom. The van der Waals surface area contributed by atoms with Crippen LogP contribution in [0.3, 0.4) is 0 Å². The van der Waals surface area contributed by atoms with Crippen LogP contribution in [-0.2, 0) is 9.59 Å². The fourth-order valence-electron chi connectivity index (χ4n) is 2.20. The van der Waals surface area contributed by atoms with E-state index in [-0.39, 0.29) is 23.5 Å². The smallest absolute Gasteiger partial charge is 0.303 e. The zero-order valence-corrected chi connectivity index (χ0v) is 16.6. The van der Waals surface area contributed by atoms with E-state index in [1.165, 1.54) is 24.3 Å². The number of nitrogens with one attached hydrogen (secondary N) is 2. The van der Waals surface area contributed by atoms with Gasteiger partial charge in [-0.2, -0.15) is 5.21 Å². The SMILES string of the molecule is CCN(CC)CC.O=C(O)CCC(=O)Nc1cccc(-n2[nH]nnc2=S)c1. The van der Waals surface area contributed by atoms with Gasteiger partial charge in [-0.1, -0.05) is 37.1 Å². The zero-order chi connectivity index (χ0) is 20.2. The highest BCUT2D eigenvalue weighted by molar-refractivity contribution is 7.71. The Balaban J connectivity index is 0.000000445. The number of aromatic amines is 1. The molecular formula is C17H26N6O3S. The van der Waals surface area contributed by atoms with Crippen LogP contribution in [0.4, 0.5) is 5.69 Å². The molecule has 9 nitrogen and oxygen atoms in total. The van der Waals surface area contributed by atoms with E-state index < -0.39 is 5.97 Å². The lowest BCUT2D eigenvalue weighted by atomic mass is 10.2. The van der Waals surface area contributed by atoms with Gasteiger partial charge in [0.25, 0.3) is 0 Å². The lowest BCUT2D eigenvalue weighted by Gasteiger charge is -2.13. The Morgan fingerprint density at radius 2 is 1.89 bits per heavy atom. The lowest BCUT2D eigenvalue weighted by molar-refractivity contribution is -0.138. The molecule has 2 aromatic rings. The molecule has 0 bridgehead atoms. The van der Waals surface area contributed by atoms with Gasteiger partial charge in [-0.3, -0.25) is 9.59 Å². The van der Waals surface area contributed by atoms with Crippen LogP contribution < -0.4 is 5.32 Å². The van der Waals surface area contributed by atoms with Gasteiger partial charge in [0, 0.05) is 12.1 Å². The molecule has 1 amide bonds. The van der Waals surface area contributed by atoms with Crippen LogP contribution in [0.25, 0.3) is 5.69 Å². The minimum absolute atomic E-state index is 0.0788. The molecule has 0 fully saturated rings. The summed E-state index contributed by atoms with van der Waals surface area (Å²) in [5, 5.41) is 21.0. The second-order valence-electron chi connectivity index (χ2n) is 5.53. The topological polar surface area (TPSA) is 116 Å². The molecule has 0 aliphatic heterocycles. The minimum Gasteiger partial charge on any atom is -0.481 e. The molecule has 2 rings (SSSR count). The first kappa shape index (κ1) is 22.5. The molecule has 0 aliphatic rings. The van der Waals surface area contributed by atoms with Gasteiger partial charge in [0.1, 0.15) is 0 Å². The van der Waals surface area contributed by atoms with Crippen LogP contribution in [0.1, 0.15) is 33.6 Å². The number of benzene rings is 1. The predicted octanol–water partition coefficient (Wildman–Crippen LogP) is 2.48. The summed E-state index contributed by atoms with van der Waals surface area (Å²) in [4.78, 5) is 24.3. The molecule has 1 heterocycles. The third-order valence-electron chi connectivity index (χ3n) is 3.77. The van der Waals surface area contributed by atoms with E-state index in [2.05, 4.69) is 46.5 Å². The molecule has 1 aromatic heterocycles. The molecule has 0 saturated carbocycles. The number of carboxylic acids is 1. The Morgan fingerprint density at radius 3 is 2.37 bits per heavy atom. The molecular weight excluding hydrogens is 368 g/mol. The van der Waals surface area contributed by atoms with Crippen LogP contribution in [0.2, 0.25) is 0 Å². The van der Waals surface area contributed by atoms with Crippen LogP contribution >= 0.6 is 12.2 Å². The minimum atomic E-state index is -1.01. The fourth-order valence-corrected chi connectivity index (χ4v) is 2.39. The van der Waals surface area contributed by atoms with E-state index in [4.69, 9.17) is 17.3 Å². The predicted molar refractivity (Wildman–Crippen MR) is 106 cm³/mol. The number of carbonyl (C=O) groups excluding carboxylic acids is 1. The van der Waals surface area contributed by atoms with Crippen molar-refractivity contribution in [2.75, 3.05) is 25.0 Å². The number of carbonyl (C=O) groups is 2. The van der Waals surface area contributed by atoms with Crippen LogP contribution in [0.15, 0.2) is 24.3 Å². The molecule has 0 unspecified atom stereocenters. The van der Waals surface area contributed by atoms with E-state index in [9.17, 15) is 9.59 Å². The van der Waals surface area contributed by atoms with Crippen molar-refractivity contribution < 1.29 is 14.7 Å². The van der Waals surface area contributed by atoms with Crippen LogP contribution in [0.5, 0.6) is 0 Å². The van der Waals surface area contributed by atoms with Crippen LogP contribution in [0, 0.1) is 4.77 Å². The van der Waals surface area contributed by atoms with E-state index in [1.54, 1.807) is 24.3 Å². The summed E-state index contributed by atoms with van der Waals surface area (Å²) in [6.45, 7) is 10.1. The molecule has 0 aliphatic carbocycles. The van der Waals surface area contributed by atoms with Crippen molar-refractivity contribution in [3.63, 3.8) is 0 Å². The molecule has 148 valence electrons. The molecule has 0 radical (unpaired) electrons. The van der Waals surface area contributed by atoms with Crippen molar-refractivity contribution in [3.8, 4) is 5.69 Å². The number of amides is 1. The van der Waals surface area contributed by atoms with Crippen molar-refractivity contribution in [1.82, 2.24) is 25.1 Å². The first-order chi connectivity index (χ1) is 12.9. The van der Waals surface area contributed by atoms with E-state index >= 15 is 0 Å². The molecule has 0 atom stereocenters. The second-order valence-corrected chi connectivity index (χ2v) is 5.89. The third kappa shape index (κ3) is 8.09. The van der Waals surface area contributed by atoms with Gasteiger partial charge in [0.05, 0.1) is 12.1 Å². The highest BCUT2D eigenvalue weighted by Crippen LogP contribution is 2.14. The Hall–Kier alpha value is -2.59. The summed E-state index contributed by atoms with van der Waals surface area (Å²) in [5.74, 6) is -1.38. The zero-order valence-electron chi connectivity index (χ0n) is 15.8. The number of hydrogen-bond acceptors (Lipinski definition) is 6. The van der Waals surface area contributed by atoms with Gasteiger partial charge in [0.15, 0.2) is 0 Å². The van der Waals surface area contributed by atoms with E-state index in [0.29, 0.717) is 11.4 Å². The summed E-state index contributed by atoms with van der Waals surface area (Å²) in [6.07, 6.45) is -0.286. The maximum absolute atomic E-state index is 11.5. The largest absolute Gasteiger partial charge is 0.481 e. The normalized spacial score (nSPS) is 10.2. The summed E-state index contributed by atoms with van der Waals surface area (Å²) in [5.41, 5.74) is 1.20. The number of anilines is 1. The van der Waals surface area contributed by atoms with Crippen molar-refractivity contribution in [3.05, 3.63) is 29.0 Å². The number of rotatable bonds is 8. The summed E-state index contributed by atoms with van der Waals surface area (Å²) >= 11 is 4.97. The molecule has 0 spiro atoms. The first-order valence-electron chi connectivity index (χ1n) is 8.75. The first-order valence-corrected chi connectivity index (χ1v) is 9.16. The monoisotopic (exact) mass is 394 g/mol. The van der Waals surface area contributed by atoms with Gasteiger partial charge in [-0.15, -0.1) is 0 Å². The Kier molecular flexibility index (Phi) is 9.91. The quantitative estimate of drug-likeness (QED) is 0.589. The van der Waals surface area contributed by atoms with Crippen molar-refractivity contribution in [2.45, 2.75) is 33.6 Å². The number of aliphatic carboxylic acids is 1. The summed E-state index contributed by atoms with van der Waals surface area (Å²) < 4.78 is 1.74. The summed E-state index contributed by atoms with van der Waals surface area (Å²) in [6, 6.07) is 6.86. The Labute approximate surface area is 163 Å². The highest BCUT2D eigenvalue weighted by atomic mass is 32.1. The second kappa shape index (κ2) is 11.9. The standard InChI is InChI=1S/C11H11N5O3S.C6H15N/c17-9(4-5-10(18)19)12-7-2-1-3-8(6-7)16-11(20)13-14-15-16;1-4-7(5-2)6-3/h1-3,6H,4-5H2,(H,12,17)(H,18,19)(H,13,15,20);4-6H2,1-3H3. The fraction of sp³-hybridized carbons (Fsp3) is 0.471. The van der Waals surface area contributed by atoms with Gasteiger partial charge >= 0.3 is 5.97 Å². The molecule has 0 saturated heterocycles. The maximum atomic E-state index is 11.5. The number of aromatic nitrogens is 4. The third-order valence-corrected chi connectivity index (χ3v) is 4.03. The lowest BCUT2D eigenvalue weighted by Crippen LogP contribution is -2.21. The van der Waals surface area contributed by atoms with Crippen molar-refractivity contribution in [2.24, 2.45) is 0 Å². The highest BCUT2D eigenvalue weighted by Gasteiger charge is 2.07. The Bertz CT molecular complexity index is 779. The number of tetrazole rings is 1. The molecule has 3 N–H and O–H groups in total. The molecule has 1 aromatic carbocycles. The number of nitrogens with zero attached hydrogens (tertiary/aromatic N) is 4. The van der Waals surface area contributed by atoms with E-state index in [0.717, 1.165) is 0 Å². The molecule has 27 heavy (non-hydrogen) atoms. The number of carboxylic acid groups (broad SMARTS) is 1. The number of hydrogen-bond donors (Lipinski definition) is 3. The number of H-pyrrole nitrogens is 1. The van der Waals surface area contributed by atoms with Gasteiger partial charge in [-0.25, -0.2) is 4.68 Å². The maximum Gasteiger partial charge on any atom is 0.303 e. The van der Waals surface area contributed by atoms with Crippen molar-refractivity contribution >= 4 is 29.8 Å². The van der Waals surface area contributed by atoms with Crippen molar-refractivity contribution in [1.29, 1.82) is 0 Å². The average Bonchev–Trinajstić information content (AvgIpc) is 3.08.